The molecule has 100 valence electrons. The lowest BCUT2D eigenvalue weighted by Gasteiger charge is -2.10. The number of aromatic nitrogens is 2. The Morgan fingerprint density at radius 1 is 1.16 bits per heavy atom. The van der Waals surface area contributed by atoms with Crippen LogP contribution >= 0.6 is 0 Å². The normalized spacial score (nSPS) is 10.5. The molecule has 2 aromatic rings. The largest absolute Gasteiger partial charge is 0.308 e. The van der Waals surface area contributed by atoms with Crippen molar-refractivity contribution >= 4 is 5.82 Å². The Morgan fingerprint density at radius 2 is 1.95 bits per heavy atom. The first-order valence-electron chi connectivity index (χ1n) is 6.71. The van der Waals surface area contributed by atoms with Gasteiger partial charge in [0.15, 0.2) is 5.82 Å². The number of nitrogens with one attached hydrogen (secondary N) is 1. The molecule has 0 radical (unpaired) electrons. The minimum absolute atomic E-state index is 0.666. The molecule has 0 amide bonds. The minimum Gasteiger partial charge on any atom is -0.308 e. The molecule has 19 heavy (non-hydrogen) atoms. The number of nitrogen functional groups attached to an aromatic ring is 1. The van der Waals surface area contributed by atoms with Crippen LogP contribution in [0.2, 0.25) is 0 Å². The molecule has 4 nitrogen and oxygen atoms in total. The van der Waals surface area contributed by atoms with Crippen molar-refractivity contribution in [3.05, 3.63) is 41.6 Å². The first-order chi connectivity index (χ1) is 9.28. The molecule has 0 aliphatic heterocycles. The summed E-state index contributed by atoms with van der Waals surface area (Å²) in [6, 6.07) is 10.1. The van der Waals surface area contributed by atoms with E-state index in [0.717, 1.165) is 36.3 Å². The monoisotopic (exact) mass is 256 g/mol. The average Bonchev–Trinajstić information content (AvgIpc) is 2.47. The molecule has 0 fully saturated rings. The molecule has 0 saturated heterocycles. The molecular formula is C15H20N4. The lowest BCUT2D eigenvalue weighted by Crippen LogP contribution is -2.11. The number of nitrogens with zero attached hydrogens (tertiary/aromatic N) is 2. The third kappa shape index (κ3) is 3.09. The Balaban J connectivity index is 2.51. The Bertz CT molecular complexity index is 552. The molecule has 0 aliphatic rings. The van der Waals surface area contributed by atoms with Crippen LogP contribution in [0.3, 0.4) is 0 Å². The number of hydrogen-bond acceptors (Lipinski definition) is 4. The van der Waals surface area contributed by atoms with Gasteiger partial charge in [0.25, 0.3) is 0 Å². The highest BCUT2D eigenvalue weighted by Crippen LogP contribution is 2.22. The number of nitrogens with two attached hydrogens (primary N) is 1. The summed E-state index contributed by atoms with van der Waals surface area (Å²) in [7, 11) is 0. The van der Waals surface area contributed by atoms with Crippen LogP contribution in [0, 0.1) is 0 Å². The summed E-state index contributed by atoms with van der Waals surface area (Å²) < 4.78 is 0. The van der Waals surface area contributed by atoms with Gasteiger partial charge in [-0.1, -0.05) is 44.5 Å². The predicted octanol–water partition coefficient (Wildman–Crippen LogP) is 2.94. The maximum absolute atomic E-state index is 5.49. The van der Waals surface area contributed by atoms with Gasteiger partial charge in [-0.25, -0.2) is 15.8 Å². The van der Waals surface area contributed by atoms with Crippen LogP contribution in [0.4, 0.5) is 5.82 Å². The lowest BCUT2D eigenvalue weighted by molar-refractivity contribution is 0.874. The van der Waals surface area contributed by atoms with Crippen molar-refractivity contribution in [2.45, 2.75) is 33.1 Å². The fraction of sp³-hybridized carbons (Fsp3) is 0.333. The molecule has 0 unspecified atom stereocenters. The summed E-state index contributed by atoms with van der Waals surface area (Å²) in [6.07, 6.45) is 2.94. The van der Waals surface area contributed by atoms with E-state index in [2.05, 4.69) is 41.4 Å². The Labute approximate surface area is 114 Å². The summed E-state index contributed by atoms with van der Waals surface area (Å²) in [5, 5.41) is 0. The number of rotatable bonds is 5. The van der Waals surface area contributed by atoms with Crippen molar-refractivity contribution in [2.75, 3.05) is 5.43 Å². The summed E-state index contributed by atoms with van der Waals surface area (Å²) in [5.41, 5.74) is 5.97. The molecule has 0 saturated carbocycles. The smallest absolute Gasteiger partial charge is 0.162 e. The zero-order valence-electron chi connectivity index (χ0n) is 11.5. The van der Waals surface area contributed by atoms with Gasteiger partial charge in [-0.2, -0.15) is 0 Å². The van der Waals surface area contributed by atoms with E-state index in [-0.39, 0.29) is 0 Å². The SMILES string of the molecule is CCCc1cc(NN)nc(-c2ccccc2CC)n1. The van der Waals surface area contributed by atoms with Crippen LogP contribution in [0.5, 0.6) is 0 Å². The molecule has 0 bridgehead atoms. The maximum Gasteiger partial charge on any atom is 0.162 e. The van der Waals surface area contributed by atoms with Gasteiger partial charge in [-0.05, 0) is 18.4 Å². The second-order valence-corrected chi connectivity index (χ2v) is 4.47. The van der Waals surface area contributed by atoms with Crippen molar-refractivity contribution < 1.29 is 0 Å². The van der Waals surface area contributed by atoms with E-state index in [1.807, 2.05) is 18.2 Å². The van der Waals surface area contributed by atoms with Gasteiger partial charge in [0.05, 0.1) is 0 Å². The maximum atomic E-state index is 5.49. The first kappa shape index (κ1) is 13.5. The Kier molecular flexibility index (Phi) is 4.47. The van der Waals surface area contributed by atoms with Crippen LogP contribution in [0.1, 0.15) is 31.5 Å². The molecule has 0 spiro atoms. The molecule has 0 atom stereocenters. The third-order valence-electron chi connectivity index (χ3n) is 3.07. The van der Waals surface area contributed by atoms with Gasteiger partial charge >= 0.3 is 0 Å². The van der Waals surface area contributed by atoms with Crippen molar-refractivity contribution in [3.8, 4) is 11.4 Å². The van der Waals surface area contributed by atoms with Crippen LogP contribution in [0.25, 0.3) is 11.4 Å². The van der Waals surface area contributed by atoms with Crippen molar-refractivity contribution in [1.29, 1.82) is 0 Å². The van der Waals surface area contributed by atoms with E-state index in [1.165, 1.54) is 5.56 Å². The van der Waals surface area contributed by atoms with E-state index < -0.39 is 0 Å². The quantitative estimate of drug-likeness (QED) is 0.637. The summed E-state index contributed by atoms with van der Waals surface area (Å²) in [5.74, 6) is 6.90. The van der Waals surface area contributed by atoms with Crippen LogP contribution in [0.15, 0.2) is 30.3 Å². The van der Waals surface area contributed by atoms with Crippen molar-refractivity contribution in [3.63, 3.8) is 0 Å². The molecule has 4 heteroatoms. The molecule has 1 heterocycles. The number of benzene rings is 1. The van der Waals surface area contributed by atoms with Gasteiger partial charge in [-0.3, -0.25) is 0 Å². The summed E-state index contributed by atoms with van der Waals surface area (Å²) in [6.45, 7) is 4.27. The molecule has 3 N–H and O–H groups in total. The highest BCUT2D eigenvalue weighted by Gasteiger charge is 2.09. The number of anilines is 1. The standard InChI is InChI=1S/C15H20N4/c1-3-7-12-10-14(19-16)18-15(17-12)13-9-6-5-8-11(13)4-2/h5-6,8-10H,3-4,7,16H2,1-2H3,(H,17,18,19). The zero-order valence-corrected chi connectivity index (χ0v) is 11.5. The minimum atomic E-state index is 0.666. The second kappa shape index (κ2) is 6.29. The molecule has 0 aliphatic carbocycles. The number of aryl methyl sites for hydroxylation is 2. The van der Waals surface area contributed by atoms with Gasteiger partial charge in [0.1, 0.15) is 5.82 Å². The number of hydrazine groups is 1. The zero-order chi connectivity index (χ0) is 13.7. The second-order valence-electron chi connectivity index (χ2n) is 4.47. The van der Waals surface area contributed by atoms with E-state index in [0.29, 0.717) is 5.82 Å². The Hall–Kier alpha value is -1.94. The average molecular weight is 256 g/mol. The Morgan fingerprint density at radius 3 is 2.63 bits per heavy atom. The van der Waals surface area contributed by atoms with Crippen molar-refractivity contribution in [1.82, 2.24) is 9.97 Å². The van der Waals surface area contributed by atoms with Crippen molar-refractivity contribution in [2.24, 2.45) is 5.84 Å². The molecule has 1 aromatic heterocycles. The highest BCUT2D eigenvalue weighted by molar-refractivity contribution is 5.62. The van der Waals surface area contributed by atoms with Gasteiger partial charge in [0.2, 0.25) is 0 Å². The number of hydrogen-bond donors (Lipinski definition) is 2. The fourth-order valence-corrected chi connectivity index (χ4v) is 2.12. The highest BCUT2D eigenvalue weighted by atomic mass is 15.3. The molecular weight excluding hydrogens is 236 g/mol. The van der Waals surface area contributed by atoms with E-state index in [1.54, 1.807) is 0 Å². The van der Waals surface area contributed by atoms with Crippen LogP contribution in [-0.2, 0) is 12.8 Å². The molecule has 2 rings (SSSR count). The third-order valence-corrected chi connectivity index (χ3v) is 3.07. The summed E-state index contributed by atoms with van der Waals surface area (Å²) in [4.78, 5) is 9.11. The van der Waals surface area contributed by atoms with Crippen LogP contribution in [-0.4, -0.2) is 9.97 Å². The lowest BCUT2D eigenvalue weighted by atomic mass is 10.0. The van der Waals surface area contributed by atoms with Gasteiger partial charge < -0.3 is 5.43 Å². The van der Waals surface area contributed by atoms with E-state index >= 15 is 0 Å². The first-order valence-corrected chi connectivity index (χ1v) is 6.71. The van der Waals surface area contributed by atoms with Crippen LogP contribution < -0.4 is 11.3 Å². The van der Waals surface area contributed by atoms with E-state index in [4.69, 9.17) is 5.84 Å². The summed E-state index contributed by atoms with van der Waals surface area (Å²) >= 11 is 0. The van der Waals surface area contributed by atoms with Gasteiger partial charge in [0, 0.05) is 17.3 Å². The predicted molar refractivity (Wildman–Crippen MR) is 78.7 cm³/mol. The molecule has 1 aromatic carbocycles. The fourth-order valence-electron chi connectivity index (χ4n) is 2.12. The van der Waals surface area contributed by atoms with E-state index in [9.17, 15) is 0 Å². The topological polar surface area (TPSA) is 63.8 Å². The van der Waals surface area contributed by atoms with Gasteiger partial charge in [-0.15, -0.1) is 0 Å².